The van der Waals surface area contributed by atoms with Crippen LogP contribution in [0.2, 0.25) is 0 Å². The van der Waals surface area contributed by atoms with E-state index in [2.05, 4.69) is 31.1 Å². The van der Waals surface area contributed by atoms with E-state index in [0.29, 0.717) is 5.56 Å². The highest BCUT2D eigenvalue weighted by Gasteiger charge is 2.52. The van der Waals surface area contributed by atoms with Crippen molar-refractivity contribution in [3.8, 4) is 0 Å². The van der Waals surface area contributed by atoms with Crippen LogP contribution >= 0.6 is 0 Å². The topological polar surface area (TPSA) is 42.0 Å². The number of hydrogen-bond donors (Lipinski definition) is 1. The Bertz CT molecular complexity index is 388. The van der Waals surface area contributed by atoms with Crippen LogP contribution in [0.15, 0.2) is 24.5 Å². The molecule has 0 spiro atoms. The van der Waals surface area contributed by atoms with Crippen LogP contribution in [0.5, 0.6) is 0 Å². The van der Waals surface area contributed by atoms with Crippen LogP contribution in [-0.4, -0.2) is 16.4 Å². The molecule has 3 heteroatoms. The molecule has 1 aromatic heterocycles. The van der Waals surface area contributed by atoms with Crippen molar-refractivity contribution in [2.45, 2.75) is 39.2 Å². The maximum atomic E-state index is 12.0. The fourth-order valence-electron chi connectivity index (χ4n) is 1.97. The molecule has 1 aliphatic carbocycles. The minimum atomic E-state index is -0.0140. The van der Waals surface area contributed by atoms with E-state index in [1.165, 1.54) is 0 Å². The number of carbonyl (C=O) groups is 1. The van der Waals surface area contributed by atoms with Gasteiger partial charge in [-0.05, 0) is 30.4 Å². The fraction of sp³-hybridized carbons (Fsp3) is 0.538. The molecule has 1 saturated carbocycles. The van der Waals surface area contributed by atoms with Gasteiger partial charge in [-0.3, -0.25) is 9.78 Å². The van der Waals surface area contributed by atoms with Crippen molar-refractivity contribution in [2.24, 2.45) is 5.41 Å². The molecule has 1 aliphatic rings. The average molecular weight is 218 g/mol. The predicted molar refractivity (Wildman–Crippen MR) is 63.1 cm³/mol. The highest BCUT2D eigenvalue weighted by Crippen LogP contribution is 2.49. The molecule has 0 radical (unpaired) electrons. The Labute approximate surface area is 96.3 Å². The maximum Gasteiger partial charge on any atom is 0.253 e. The van der Waals surface area contributed by atoms with Gasteiger partial charge in [-0.25, -0.2) is 0 Å². The number of amides is 1. The molecule has 1 amide bonds. The number of rotatable bonds is 2. The summed E-state index contributed by atoms with van der Waals surface area (Å²) < 4.78 is 0. The molecule has 1 fully saturated rings. The number of aromatic nitrogens is 1. The molecule has 0 atom stereocenters. The van der Waals surface area contributed by atoms with E-state index >= 15 is 0 Å². The van der Waals surface area contributed by atoms with Gasteiger partial charge in [0.1, 0.15) is 0 Å². The number of hydrogen-bond acceptors (Lipinski definition) is 2. The van der Waals surface area contributed by atoms with Gasteiger partial charge in [-0.15, -0.1) is 0 Å². The third-order valence-corrected chi connectivity index (χ3v) is 3.46. The van der Waals surface area contributed by atoms with Crippen LogP contribution in [0, 0.1) is 5.41 Å². The SMILES string of the molecule is CC(C)(C)C1(NC(=O)c2cccnc2)CC1. The number of nitrogens with zero attached hydrogens (tertiary/aromatic N) is 1. The minimum Gasteiger partial charge on any atom is -0.346 e. The lowest BCUT2D eigenvalue weighted by molar-refractivity contribution is 0.0888. The molecule has 16 heavy (non-hydrogen) atoms. The Hall–Kier alpha value is -1.38. The highest BCUT2D eigenvalue weighted by atomic mass is 16.1. The van der Waals surface area contributed by atoms with Gasteiger partial charge >= 0.3 is 0 Å². The molecule has 2 rings (SSSR count). The van der Waals surface area contributed by atoms with Gasteiger partial charge in [-0.1, -0.05) is 20.8 Å². The first-order valence-corrected chi connectivity index (χ1v) is 5.67. The molecule has 1 aromatic rings. The lowest BCUT2D eigenvalue weighted by atomic mass is 9.84. The smallest absolute Gasteiger partial charge is 0.253 e. The molecular formula is C13H18N2O. The number of nitrogens with one attached hydrogen (secondary N) is 1. The van der Waals surface area contributed by atoms with Crippen molar-refractivity contribution in [2.75, 3.05) is 0 Å². The lowest BCUT2D eigenvalue weighted by Crippen LogP contribution is -2.46. The molecule has 86 valence electrons. The van der Waals surface area contributed by atoms with Crippen molar-refractivity contribution >= 4 is 5.91 Å². The molecule has 0 aromatic carbocycles. The van der Waals surface area contributed by atoms with E-state index in [9.17, 15) is 4.79 Å². The zero-order valence-electron chi connectivity index (χ0n) is 10.1. The second-order valence-corrected chi connectivity index (χ2v) is 5.53. The molecule has 1 N–H and O–H groups in total. The Balaban J connectivity index is 2.10. The summed E-state index contributed by atoms with van der Waals surface area (Å²) in [4.78, 5) is 16.0. The highest BCUT2D eigenvalue weighted by molar-refractivity contribution is 5.94. The van der Waals surface area contributed by atoms with Crippen molar-refractivity contribution in [3.05, 3.63) is 30.1 Å². The van der Waals surface area contributed by atoms with E-state index in [1.807, 2.05) is 0 Å². The van der Waals surface area contributed by atoms with Crippen LogP contribution in [0.1, 0.15) is 44.0 Å². The predicted octanol–water partition coefficient (Wildman–Crippen LogP) is 2.39. The molecule has 0 bridgehead atoms. The van der Waals surface area contributed by atoms with Gasteiger partial charge < -0.3 is 5.32 Å². The van der Waals surface area contributed by atoms with E-state index in [4.69, 9.17) is 0 Å². The van der Waals surface area contributed by atoms with Crippen LogP contribution < -0.4 is 5.32 Å². The second-order valence-electron chi connectivity index (χ2n) is 5.53. The van der Waals surface area contributed by atoms with Crippen LogP contribution in [-0.2, 0) is 0 Å². The minimum absolute atomic E-state index is 0.0134. The van der Waals surface area contributed by atoms with Crippen molar-refractivity contribution in [1.29, 1.82) is 0 Å². The Morgan fingerprint density at radius 2 is 2.12 bits per heavy atom. The summed E-state index contributed by atoms with van der Waals surface area (Å²) >= 11 is 0. The van der Waals surface area contributed by atoms with Gasteiger partial charge in [0.15, 0.2) is 0 Å². The Morgan fingerprint density at radius 1 is 1.44 bits per heavy atom. The summed E-state index contributed by atoms with van der Waals surface area (Å²) in [5.74, 6) is -0.0134. The summed E-state index contributed by atoms with van der Waals surface area (Å²) in [6.45, 7) is 6.51. The van der Waals surface area contributed by atoms with E-state index in [0.717, 1.165) is 12.8 Å². The van der Waals surface area contributed by atoms with Gasteiger partial charge in [0.25, 0.3) is 5.91 Å². The average Bonchev–Trinajstić information content (AvgIpc) is 2.99. The van der Waals surface area contributed by atoms with Crippen LogP contribution in [0.4, 0.5) is 0 Å². The Morgan fingerprint density at radius 3 is 2.56 bits per heavy atom. The first-order chi connectivity index (χ1) is 7.45. The van der Waals surface area contributed by atoms with E-state index in [1.54, 1.807) is 24.5 Å². The fourth-order valence-corrected chi connectivity index (χ4v) is 1.97. The van der Waals surface area contributed by atoms with Crippen molar-refractivity contribution in [3.63, 3.8) is 0 Å². The lowest BCUT2D eigenvalue weighted by Gasteiger charge is -2.31. The van der Waals surface area contributed by atoms with Crippen molar-refractivity contribution < 1.29 is 4.79 Å². The van der Waals surface area contributed by atoms with Crippen LogP contribution in [0.3, 0.4) is 0 Å². The zero-order valence-corrected chi connectivity index (χ0v) is 10.1. The third-order valence-electron chi connectivity index (χ3n) is 3.46. The van der Waals surface area contributed by atoms with Crippen molar-refractivity contribution in [1.82, 2.24) is 10.3 Å². The summed E-state index contributed by atoms with van der Waals surface area (Å²) in [6.07, 6.45) is 5.42. The summed E-state index contributed by atoms with van der Waals surface area (Å²) in [5.41, 5.74) is 0.739. The summed E-state index contributed by atoms with van der Waals surface area (Å²) in [7, 11) is 0. The summed E-state index contributed by atoms with van der Waals surface area (Å²) in [6, 6.07) is 3.58. The quantitative estimate of drug-likeness (QED) is 0.828. The third kappa shape index (κ3) is 1.94. The van der Waals surface area contributed by atoms with Gasteiger partial charge in [0.2, 0.25) is 0 Å². The van der Waals surface area contributed by atoms with Gasteiger partial charge in [0, 0.05) is 17.9 Å². The van der Waals surface area contributed by atoms with E-state index in [-0.39, 0.29) is 16.9 Å². The number of pyridine rings is 1. The number of carbonyl (C=O) groups excluding carboxylic acids is 1. The van der Waals surface area contributed by atoms with Crippen LogP contribution in [0.25, 0.3) is 0 Å². The molecule has 0 saturated heterocycles. The monoisotopic (exact) mass is 218 g/mol. The molecule has 0 aliphatic heterocycles. The molecule has 1 heterocycles. The zero-order chi connectivity index (χ0) is 11.8. The van der Waals surface area contributed by atoms with Gasteiger partial charge in [-0.2, -0.15) is 0 Å². The maximum absolute atomic E-state index is 12.0. The second kappa shape index (κ2) is 3.58. The summed E-state index contributed by atoms with van der Waals surface area (Å²) in [5, 5.41) is 3.14. The first-order valence-electron chi connectivity index (χ1n) is 5.67. The Kier molecular flexibility index (Phi) is 2.49. The molecule has 3 nitrogen and oxygen atoms in total. The first kappa shape index (κ1) is 11.1. The van der Waals surface area contributed by atoms with Gasteiger partial charge in [0.05, 0.1) is 5.56 Å². The molecular weight excluding hydrogens is 200 g/mol. The largest absolute Gasteiger partial charge is 0.346 e. The molecule has 0 unspecified atom stereocenters. The standard InChI is InChI=1S/C13H18N2O/c1-12(2,3)13(6-7-13)15-11(16)10-5-4-8-14-9-10/h4-5,8-9H,6-7H2,1-3H3,(H,15,16). The normalized spacial score (nSPS) is 17.9. The van der Waals surface area contributed by atoms with E-state index < -0.39 is 0 Å².